The topological polar surface area (TPSA) is 143 Å². The second kappa shape index (κ2) is 16.0. The summed E-state index contributed by atoms with van der Waals surface area (Å²) < 4.78 is 10.5. The quantitative estimate of drug-likeness (QED) is 0.281. The minimum absolute atomic E-state index is 0.0182. The third-order valence-electron chi connectivity index (χ3n) is 7.43. The molecule has 0 spiro atoms. The summed E-state index contributed by atoms with van der Waals surface area (Å²) in [4.78, 5) is 64.8. The summed E-state index contributed by atoms with van der Waals surface area (Å²) in [5.41, 5.74) is 1.12. The minimum Gasteiger partial charge on any atom is -0.460 e. The van der Waals surface area contributed by atoms with Crippen LogP contribution in [-0.2, 0) is 19.1 Å². The number of carbonyl (C=O) groups excluding carboxylic acids is 4. The first-order valence-electron chi connectivity index (χ1n) is 15.9. The SMILES string of the molecule is CCOC(=O)N1CCN(C(=O)C(CCC(=O)OC(C)(C)C)NC(=O)c2cc(N[C@@H](C)c3ccccc3)nc(-c3ccccc3)n2)CC1. The molecule has 0 radical (unpaired) electrons. The van der Waals surface area contributed by atoms with Crippen molar-refractivity contribution in [1.29, 1.82) is 0 Å². The van der Waals surface area contributed by atoms with Crippen LogP contribution in [0.5, 0.6) is 0 Å². The number of hydrogen-bond acceptors (Lipinski definition) is 9. The van der Waals surface area contributed by atoms with Crippen LogP contribution >= 0.6 is 0 Å². The van der Waals surface area contributed by atoms with Gasteiger partial charge < -0.3 is 29.9 Å². The normalized spacial score (nSPS) is 14.5. The Morgan fingerprint density at radius 3 is 2.13 bits per heavy atom. The van der Waals surface area contributed by atoms with Gasteiger partial charge >= 0.3 is 12.1 Å². The van der Waals surface area contributed by atoms with E-state index in [-0.39, 0.29) is 63.3 Å². The van der Waals surface area contributed by atoms with Crippen molar-refractivity contribution in [2.24, 2.45) is 0 Å². The molecule has 2 aromatic carbocycles. The van der Waals surface area contributed by atoms with Gasteiger partial charge in [-0.1, -0.05) is 60.7 Å². The van der Waals surface area contributed by atoms with Crippen LogP contribution in [0.1, 0.15) is 69.6 Å². The number of rotatable bonds is 11. The molecule has 0 aliphatic carbocycles. The lowest BCUT2D eigenvalue weighted by Gasteiger charge is -2.36. The first-order valence-corrected chi connectivity index (χ1v) is 15.9. The van der Waals surface area contributed by atoms with Crippen molar-refractivity contribution < 1.29 is 28.7 Å². The zero-order valence-electron chi connectivity index (χ0n) is 27.7. The molecule has 1 fully saturated rings. The van der Waals surface area contributed by atoms with Gasteiger partial charge in [0.15, 0.2) is 5.82 Å². The number of benzene rings is 2. The van der Waals surface area contributed by atoms with E-state index in [2.05, 4.69) is 20.6 Å². The van der Waals surface area contributed by atoms with Gasteiger partial charge in [-0.2, -0.15) is 0 Å². The molecule has 250 valence electrons. The molecule has 1 aliphatic rings. The van der Waals surface area contributed by atoms with Crippen LogP contribution in [-0.4, -0.2) is 88.1 Å². The number of ether oxygens (including phenoxy) is 2. The van der Waals surface area contributed by atoms with E-state index in [0.717, 1.165) is 11.1 Å². The number of nitrogens with zero attached hydrogens (tertiary/aromatic N) is 4. The van der Waals surface area contributed by atoms with E-state index in [4.69, 9.17) is 9.47 Å². The first kappa shape index (κ1) is 34.9. The number of piperazine rings is 1. The second-order valence-electron chi connectivity index (χ2n) is 12.3. The molecule has 0 saturated carbocycles. The third-order valence-corrected chi connectivity index (χ3v) is 7.43. The first-order chi connectivity index (χ1) is 22.4. The zero-order chi connectivity index (χ0) is 34.0. The summed E-state index contributed by atoms with van der Waals surface area (Å²) in [6, 6.07) is 19.5. The fraction of sp³-hybridized carbons (Fsp3) is 0.429. The molecule has 0 bridgehead atoms. The fourth-order valence-corrected chi connectivity index (χ4v) is 5.09. The molecule has 1 aliphatic heterocycles. The maximum Gasteiger partial charge on any atom is 0.409 e. The van der Waals surface area contributed by atoms with E-state index in [0.29, 0.717) is 11.6 Å². The lowest BCUT2D eigenvalue weighted by molar-refractivity contribution is -0.155. The molecule has 3 amide bonds. The van der Waals surface area contributed by atoms with Gasteiger partial charge in [-0.15, -0.1) is 0 Å². The average Bonchev–Trinajstić information content (AvgIpc) is 3.06. The molecule has 2 heterocycles. The predicted octanol–water partition coefficient (Wildman–Crippen LogP) is 4.84. The molecule has 12 nitrogen and oxygen atoms in total. The van der Waals surface area contributed by atoms with E-state index in [9.17, 15) is 19.2 Å². The van der Waals surface area contributed by atoms with Crippen molar-refractivity contribution in [3.8, 4) is 11.4 Å². The van der Waals surface area contributed by atoms with Crippen molar-refractivity contribution in [3.05, 3.63) is 78.0 Å². The lowest BCUT2D eigenvalue weighted by atomic mass is 10.1. The van der Waals surface area contributed by atoms with Crippen LogP contribution in [0.2, 0.25) is 0 Å². The van der Waals surface area contributed by atoms with Gasteiger partial charge in [0.05, 0.1) is 6.61 Å². The maximum atomic E-state index is 13.8. The Hall–Kier alpha value is -5.00. The third kappa shape index (κ3) is 10.2. The van der Waals surface area contributed by atoms with Crippen LogP contribution in [0.3, 0.4) is 0 Å². The Labute approximate surface area is 275 Å². The fourth-order valence-electron chi connectivity index (χ4n) is 5.09. The maximum absolute atomic E-state index is 13.8. The smallest absolute Gasteiger partial charge is 0.409 e. The molecule has 47 heavy (non-hydrogen) atoms. The predicted molar refractivity (Wildman–Crippen MR) is 177 cm³/mol. The van der Waals surface area contributed by atoms with E-state index in [1.165, 1.54) is 0 Å². The number of aromatic nitrogens is 2. The van der Waals surface area contributed by atoms with Crippen LogP contribution in [0.25, 0.3) is 11.4 Å². The van der Waals surface area contributed by atoms with E-state index < -0.39 is 29.6 Å². The van der Waals surface area contributed by atoms with Crippen molar-refractivity contribution in [2.45, 2.75) is 65.1 Å². The van der Waals surface area contributed by atoms with Crippen molar-refractivity contribution in [1.82, 2.24) is 25.1 Å². The Balaban J connectivity index is 1.57. The molecule has 1 saturated heterocycles. The van der Waals surface area contributed by atoms with Crippen LogP contribution in [0.15, 0.2) is 66.7 Å². The number of amides is 3. The van der Waals surface area contributed by atoms with Crippen molar-refractivity contribution in [2.75, 3.05) is 38.1 Å². The molecule has 12 heteroatoms. The van der Waals surface area contributed by atoms with E-state index >= 15 is 0 Å². The second-order valence-corrected chi connectivity index (χ2v) is 12.3. The van der Waals surface area contributed by atoms with Gasteiger partial charge in [0.25, 0.3) is 5.91 Å². The highest BCUT2D eigenvalue weighted by Gasteiger charge is 2.32. The number of hydrogen-bond donors (Lipinski definition) is 2. The highest BCUT2D eigenvalue weighted by Crippen LogP contribution is 2.22. The largest absolute Gasteiger partial charge is 0.460 e. The van der Waals surface area contributed by atoms with Gasteiger partial charge in [0, 0.05) is 50.3 Å². The van der Waals surface area contributed by atoms with Crippen molar-refractivity contribution >= 4 is 29.7 Å². The molecule has 4 rings (SSSR count). The zero-order valence-corrected chi connectivity index (χ0v) is 27.7. The van der Waals surface area contributed by atoms with Gasteiger partial charge in [-0.05, 0) is 46.6 Å². The number of nitrogens with one attached hydrogen (secondary N) is 2. The Morgan fingerprint density at radius 2 is 1.51 bits per heavy atom. The summed E-state index contributed by atoms with van der Waals surface area (Å²) in [7, 11) is 0. The number of anilines is 1. The summed E-state index contributed by atoms with van der Waals surface area (Å²) in [5, 5.41) is 6.20. The monoisotopic (exact) mass is 644 g/mol. The molecule has 1 unspecified atom stereocenters. The van der Waals surface area contributed by atoms with Crippen molar-refractivity contribution in [3.63, 3.8) is 0 Å². The molecular formula is C35H44N6O6. The molecule has 2 N–H and O–H groups in total. The highest BCUT2D eigenvalue weighted by molar-refractivity contribution is 5.97. The van der Waals surface area contributed by atoms with Gasteiger partial charge in [0.1, 0.15) is 23.2 Å². The number of carbonyl (C=O) groups is 4. The summed E-state index contributed by atoms with van der Waals surface area (Å²) in [6.45, 7) is 10.4. The highest BCUT2D eigenvalue weighted by atomic mass is 16.6. The Bertz CT molecular complexity index is 1520. The number of esters is 1. The van der Waals surface area contributed by atoms with Gasteiger partial charge in [-0.3, -0.25) is 14.4 Å². The van der Waals surface area contributed by atoms with Gasteiger partial charge in [0.2, 0.25) is 5.91 Å². The van der Waals surface area contributed by atoms with Crippen LogP contribution in [0.4, 0.5) is 10.6 Å². The van der Waals surface area contributed by atoms with Gasteiger partial charge in [-0.25, -0.2) is 14.8 Å². The average molecular weight is 645 g/mol. The lowest BCUT2D eigenvalue weighted by Crippen LogP contribution is -2.56. The summed E-state index contributed by atoms with van der Waals surface area (Å²) in [5.74, 6) is -0.655. The summed E-state index contributed by atoms with van der Waals surface area (Å²) >= 11 is 0. The van der Waals surface area contributed by atoms with E-state index in [1.807, 2.05) is 67.6 Å². The summed E-state index contributed by atoms with van der Waals surface area (Å²) in [6.07, 6.45) is -0.500. The van der Waals surface area contributed by atoms with E-state index in [1.54, 1.807) is 43.6 Å². The minimum atomic E-state index is -1.04. The standard InChI is InChI=1S/C35H44N6O6/c1-6-46-34(45)41-21-19-40(20-22-41)33(44)27(17-18-30(42)47-35(3,4)5)38-32(43)28-23-29(36-24(2)25-13-9-7-10-14-25)39-31(37-28)26-15-11-8-12-16-26/h7-16,23-24,27H,6,17-22H2,1-5H3,(H,38,43)(H,36,37,39)/t24-,27?/m0/s1. The Kier molecular flexibility index (Phi) is 11.9. The molecule has 1 aromatic heterocycles. The Morgan fingerprint density at radius 1 is 0.894 bits per heavy atom. The van der Waals surface area contributed by atoms with Crippen LogP contribution in [0, 0.1) is 0 Å². The molecule has 3 aromatic rings. The molecular weight excluding hydrogens is 600 g/mol. The van der Waals surface area contributed by atoms with Crippen LogP contribution < -0.4 is 10.6 Å². The molecule has 2 atom stereocenters.